The first-order valence-electron chi connectivity index (χ1n) is 4.85. The van der Waals surface area contributed by atoms with Gasteiger partial charge in [0.1, 0.15) is 0 Å². The number of nitrogens with zero attached hydrogens (tertiary/aromatic N) is 1. The quantitative estimate of drug-likeness (QED) is 0.537. The van der Waals surface area contributed by atoms with Gasteiger partial charge < -0.3 is 17.5 Å². The topological polar surface area (TPSA) is 3.24 Å². The zero-order chi connectivity index (χ0) is 9.10. The summed E-state index contributed by atoms with van der Waals surface area (Å²) in [6, 6.07) is 10.5. The molecule has 1 saturated heterocycles. The van der Waals surface area contributed by atoms with E-state index in [-0.39, 0.29) is 22.4 Å². The molecule has 80 valence electrons. The Morgan fingerprint density at radius 2 is 1.86 bits per heavy atom. The van der Waals surface area contributed by atoms with E-state index >= 15 is 0 Å². The van der Waals surface area contributed by atoms with Crippen LogP contribution in [0.25, 0.3) is 0 Å². The molecule has 1 fully saturated rings. The van der Waals surface area contributed by atoms with Gasteiger partial charge in [0, 0.05) is 12.2 Å². The summed E-state index contributed by atoms with van der Waals surface area (Å²) < 4.78 is 0. The van der Waals surface area contributed by atoms with E-state index in [0.717, 1.165) is 13.0 Å². The molecule has 1 aromatic rings. The first-order valence-corrected chi connectivity index (χ1v) is 5.32. The summed E-state index contributed by atoms with van der Waals surface area (Å²) in [6.07, 6.45) is 3.73. The first kappa shape index (κ1) is 12.2. The van der Waals surface area contributed by atoms with Crippen LogP contribution in [0, 0.1) is 0 Å². The van der Waals surface area contributed by atoms with Gasteiger partial charge in [-0.1, -0.05) is 36.4 Å². The predicted molar refractivity (Wildman–Crippen MR) is 58.8 cm³/mol. The van der Waals surface area contributed by atoms with E-state index in [1.54, 1.807) is 0 Å². The van der Waals surface area contributed by atoms with Gasteiger partial charge in [-0.2, -0.15) is 0 Å². The van der Waals surface area contributed by atoms with Gasteiger partial charge in [0.05, 0.1) is 0 Å². The molecular formula is C11H14AuNS. The van der Waals surface area contributed by atoms with Gasteiger partial charge >= 0.3 is 22.4 Å². The van der Waals surface area contributed by atoms with Gasteiger partial charge in [0.25, 0.3) is 0 Å². The summed E-state index contributed by atoms with van der Waals surface area (Å²) in [7, 11) is 0. The number of piperidine rings is 1. The molecule has 1 unspecified atom stereocenters. The van der Waals surface area contributed by atoms with Crippen molar-refractivity contribution in [3.05, 3.63) is 30.3 Å². The third-order valence-corrected chi connectivity index (χ3v) is 3.03. The largest absolute Gasteiger partial charge is 1.00 e. The minimum Gasteiger partial charge on any atom is -0.768 e. The van der Waals surface area contributed by atoms with Gasteiger partial charge in [-0.15, -0.1) is 0 Å². The molecule has 0 aromatic heterocycles. The van der Waals surface area contributed by atoms with Crippen LogP contribution in [0.5, 0.6) is 0 Å². The molecule has 0 radical (unpaired) electrons. The monoisotopic (exact) mass is 389 g/mol. The Morgan fingerprint density at radius 3 is 2.50 bits per heavy atom. The third-order valence-electron chi connectivity index (χ3n) is 2.54. The van der Waals surface area contributed by atoms with E-state index in [9.17, 15) is 0 Å². The van der Waals surface area contributed by atoms with E-state index in [1.807, 2.05) is 6.07 Å². The van der Waals surface area contributed by atoms with Crippen molar-refractivity contribution in [2.24, 2.45) is 0 Å². The Hall–Kier alpha value is 0.110. The Kier molecular flexibility index (Phi) is 5.10. The van der Waals surface area contributed by atoms with Crippen molar-refractivity contribution in [1.82, 2.24) is 0 Å². The molecule has 1 aliphatic rings. The molecular weight excluding hydrogens is 375 g/mol. The fourth-order valence-corrected chi connectivity index (χ4v) is 2.21. The fourth-order valence-electron chi connectivity index (χ4n) is 1.82. The average Bonchev–Trinajstić information content (AvgIpc) is 2.20. The van der Waals surface area contributed by atoms with Crippen LogP contribution in [0.15, 0.2) is 30.3 Å². The van der Waals surface area contributed by atoms with E-state index in [1.165, 1.54) is 18.5 Å². The average molecular weight is 389 g/mol. The molecule has 0 aliphatic carbocycles. The molecule has 1 nitrogen and oxygen atoms in total. The summed E-state index contributed by atoms with van der Waals surface area (Å²) in [4.78, 5) is 2.33. The second-order valence-electron chi connectivity index (χ2n) is 3.48. The van der Waals surface area contributed by atoms with Crippen molar-refractivity contribution in [3.63, 3.8) is 0 Å². The van der Waals surface area contributed by atoms with Gasteiger partial charge in [-0.3, -0.25) is 0 Å². The van der Waals surface area contributed by atoms with E-state index in [2.05, 4.69) is 29.2 Å². The number of hydrogen-bond acceptors (Lipinski definition) is 2. The molecule has 3 heteroatoms. The first-order chi connectivity index (χ1) is 6.38. The number of rotatable bonds is 1. The van der Waals surface area contributed by atoms with Crippen LogP contribution in [-0.2, 0) is 35.0 Å². The second-order valence-corrected chi connectivity index (χ2v) is 4.02. The Balaban J connectivity index is 0.000000980. The smallest absolute Gasteiger partial charge is 0.768 e. The van der Waals surface area contributed by atoms with Crippen molar-refractivity contribution < 1.29 is 22.4 Å². The van der Waals surface area contributed by atoms with Gasteiger partial charge in [-0.05, 0) is 18.6 Å². The molecule has 0 spiro atoms. The van der Waals surface area contributed by atoms with Gasteiger partial charge in [0.2, 0.25) is 0 Å². The molecule has 14 heavy (non-hydrogen) atoms. The van der Waals surface area contributed by atoms with Crippen molar-refractivity contribution in [3.8, 4) is 0 Å². The standard InChI is InChI=1S/C11H15NS.Au/c13-11-8-4-5-9-12(11)10-6-2-1-3-7-10;/h1-3,6-7,11,13H,4-5,8-9H2;/q;+1/p-1. The van der Waals surface area contributed by atoms with E-state index < -0.39 is 0 Å². The summed E-state index contributed by atoms with van der Waals surface area (Å²) in [5.41, 5.74) is 1.28. The summed E-state index contributed by atoms with van der Waals surface area (Å²) >= 11 is 5.42. The van der Waals surface area contributed by atoms with Gasteiger partial charge in [0.15, 0.2) is 0 Å². The second kappa shape index (κ2) is 5.86. The van der Waals surface area contributed by atoms with Crippen molar-refractivity contribution in [2.75, 3.05) is 11.4 Å². The normalized spacial score (nSPS) is 21.5. The molecule has 1 aromatic carbocycles. The maximum atomic E-state index is 5.42. The molecule has 1 atom stereocenters. The minimum absolute atomic E-state index is 0. The van der Waals surface area contributed by atoms with E-state index in [4.69, 9.17) is 12.6 Å². The number of hydrogen-bond donors (Lipinski definition) is 0. The number of benzene rings is 1. The van der Waals surface area contributed by atoms with Crippen molar-refractivity contribution in [1.29, 1.82) is 0 Å². The van der Waals surface area contributed by atoms with Crippen molar-refractivity contribution in [2.45, 2.75) is 24.6 Å². The molecule has 0 bridgehead atoms. The summed E-state index contributed by atoms with van der Waals surface area (Å²) in [6.45, 7) is 1.12. The molecule has 0 amide bonds. The summed E-state index contributed by atoms with van der Waals surface area (Å²) in [5.74, 6) is 0. The fraction of sp³-hybridized carbons (Fsp3) is 0.455. The number of para-hydroxylation sites is 1. The minimum atomic E-state index is 0. The predicted octanol–water partition coefficient (Wildman–Crippen LogP) is 2.55. The molecule has 1 aliphatic heterocycles. The van der Waals surface area contributed by atoms with Crippen LogP contribution >= 0.6 is 0 Å². The maximum Gasteiger partial charge on any atom is 1.00 e. The van der Waals surface area contributed by atoms with Crippen LogP contribution in [0.1, 0.15) is 19.3 Å². The Morgan fingerprint density at radius 1 is 1.14 bits per heavy atom. The van der Waals surface area contributed by atoms with Crippen LogP contribution in [0.4, 0.5) is 5.69 Å². The molecule has 0 N–H and O–H groups in total. The molecule has 1 heterocycles. The SMILES string of the molecule is [Au+].[S-]C1CCCCN1c1ccccc1. The van der Waals surface area contributed by atoms with Crippen LogP contribution in [-0.4, -0.2) is 11.9 Å². The number of anilines is 1. The maximum absolute atomic E-state index is 5.42. The van der Waals surface area contributed by atoms with Crippen LogP contribution < -0.4 is 4.90 Å². The Labute approximate surface area is 107 Å². The molecule has 2 rings (SSSR count). The van der Waals surface area contributed by atoms with Crippen molar-refractivity contribution >= 4 is 18.3 Å². The van der Waals surface area contributed by atoms with Crippen LogP contribution in [0.3, 0.4) is 0 Å². The molecule has 0 saturated carbocycles. The zero-order valence-corrected chi connectivity index (χ0v) is 10.9. The Bertz CT molecular complexity index is 265. The third kappa shape index (κ3) is 2.80. The van der Waals surface area contributed by atoms with Crippen LogP contribution in [0.2, 0.25) is 0 Å². The van der Waals surface area contributed by atoms with Gasteiger partial charge in [-0.25, -0.2) is 0 Å². The zero-order valence-electron chi connectivity index (χ0n) is 7.95. The summed E-state index contributed by atoms with van der Waals surface area (Å²) in [5, 5.41) is 0.302. The van der Waals surface area contributed by atoms with E-state index in [0.29, 0.717) is 5.37 Å².